The van der Waals surface area contributed by atoms with Gasteiger partial charge in [0.2, 0.25) is 5.89 Å². The lowest BCUT2D eigenvalue weighted by Gasteiger charge is -2.04. The molecule has 0 spiro atoms. The van der Waals surface area contributed by atoms with E-state index in [2.05, 4.69) is 22.4 Å². The second-order valence-electron chi connectivity index (χ2n) is 3.72. The van der Waals surface area contributed by atoms with Crippen molar-refractivity contribution in [1.29, 1.82) is 0 Å². The van der Waals surface area contributed by atoms with Gasteiger partial charge in [-0.05, 0) is 26.8 Å². The molecule has 13 heavy (non-hydrogen) atoms. The smallest absolute Gasteiger partial charge is 0.229 e. The molecule has 0 aliphatic heterocycles. The Balaban J connectivity index is 1.96. The molecule has 1 aromatic heterocycles. The first-order valence-corrected chi connectivity index (χ1v) is 4.79. The van der Waals surface area contributed by atoms with E-state index in [1.165, 1.54) is 12.8 Å². The van der Waals surface area contributed by atoms with Crippen molar-refractivity contribution in [2.45, 2.75) is 38.1 Å². The summed E-state index contributed by atoms with van der Waals surface area (Å²) in [5.41, 5.74) is 0. The van der Waals surface area contributed by atoms with Gasteiger partial charge < -0.3 is 9.84 Å². The van der Waals surface area contributed by atoms with Gasteiger partial charge in [0.15, 0.2) is 5.82 Å². The molecule has 1 saturated carbocycles. The van der Waals surface area contributed by atoms with Crippen LogP contribution in [0.5, 0.6) is 0 Å². The van der Waals surface area contributed by atoms with Gasteiger partial charge in [0.05, 0.1) is 0 Å². The molecule has 1 atom stereocenters. The molecule has 2 rings (SSSR count). The number of aromatic nitrogens is 2. The minimum atomic E-state index is 0.407. The first-order chi connectivity index (χ1) is 6.29. The summed E-state index contributed by atoms with van der Waals surface area (Å²) in [6, 6.07) is 0.407. The molecule has 1 fully saturated rings. The summed E-state index contributed by atoms with van der Waals surface area (Å²) in [6.45, 7) is 2.10. The predicted octanol–water partition coefficient (Wildman–Crippen LogP) is 1.10. The van der Waals surface area contributed by atoms with E-state index in [9.17, 15) is 0 Å². The Kier molecular flexibility index (Phi) is 2.31. The van der Waals surface area contributed by atoms with E-state index in [0.717, 1.165) is 18.1 Å². The zero-order chi connectivity index (χ0) is 9.26. The molecule has 4 nitrogen and oxygen atoms in total. The molecule has 4 heteroatoms. The summed E-state index contributed by atoms with van der Waals surface area (Å²) >= 11 is 0. The number of nitrogens with zero attached hydrogens (tertiary/aromatic N) is 2. The quantitative estimate of drug-likeness (QED) is 0.755. The third-order valence-corrected chi connectivity index (χ3v) is 2.39. The van der Waals surface area contributed by atoms with Crippen LogP contribution in [-0.4, -0.2) is 23.2 Å². The fraction of sp³-hybridized carbons (Fsp3) is 0.778. The van der Waals surface area contributed by atoms with Crippen LogP contribution in [0.2, 0.25) is 0 Å². The van der Waals surface area contributed by atoms with Crippen molar-refractivity contribution in [2.75, 3.05) is 7.05 Å². The van der Waals surface area contributed by atoms with Crippen LogP contribution < -0.4 is 5.32 Å². The highest BCUT2D eigenvalue weighted by Crippen LogP contribution is 2.38. The molecule has 1 N–H and O–H groups in total. The van der Waals surface area contributed by atoms with E-state index in [0.29, 0.717) is 12.0 Å². The minimum Gasteiger partial charge on any atom is -0.339 e. The molecule has 0 saturated heterocycles. The maximum absolute atomic E-state index is 5.15. The summed E-state index contributed by atoms with van der Waals surface area (Å²) in [5.74, 6) is 2.22. The lowest BCUT2D eigenvalue weighted by molar-refractivity contribution is 0.372. The van der Waals surface area contributed by atoms with Crippen molar-refractivity contribution >= 4 is 0 Å². The molecule has 1 heterocycles. The summed E-state index contributed by atoms with van der Waals surface area (Å²) in [6.07, 6.45) is 3.26. The second-order valence-corrected chi connectivity index (χ2v) is 3.72. The molecule has 72 valence electrons. The second kappa shape index (κ2) is 3.46. The lowest BCUT2D eigenvalue weighted by atomic mass is 10.2. The summed E-state index contributed by atoms with van der Waals surface area (Å²) in [7, 11) is 1.94. The van der Waals surface area contributed by atoms with Crippen molar-refractivity contribution in [3.8, 4) is 0 Å². The standard InChI is InChI=1S/C9H15N3O/c1-6(10-2)5-8-11-9(13-12-8)7-3-4-7/h6-7,10H,3-5H2,1-2H3. The van der Waals surface area contributed by atoms with E-state index >= 15 is 0 Å². The number of rotatable bonds is 4. The molecular formula is C9H15N3O. The number of hydrogen-bond acceptors (Lipinski definition) is 4. The van der Waals surface area contributed by atoms with Gasteiger partial charge >= 0.3 is 0 Å². The Labute approximate surface area is 77.7 Å². The van der Waals surface area contributed by atoms with Crippen molar-refractivity contribution < 1.29 is 4.52 Å². The molecule has 1 unspecified atom stereocenters. The van der Waals surface area contributed by atoms with E-state index in [1.54, 1.807) is 0 Å². The van der Waals surface area contributed by atoms with E-state index in [4.69, 9.17) is 4.52 Å². The summed E-state index contributed by atoms with van der Waals surface area (Å²) < 4.78 is 5.15. The molecule has 1 aliphatic rings. The number of nitrogens with one attached hydrogen (secondary N) is 1. The van der Waals surface area contributed by atoms with Crippen LogP contribution in [0.3, 0.4) is 0 Å². The molecule has 1 aliphatic carbocycles. The van der Waals surface area contributed by atoms with Gasteiger partial charge in [-0.2, -0.15) is 4.98 Å². The third kappa shape index (κ3) is 2.06. The number of hydrogen-bond donors (Lipinski definition) is 1. The predicted molar refractivity (Wildman–Crippen MR) is 48.5 cm³/mol. The van der Waals surface area contributed by atoms with E-state index in [1.807, 2.05) is 7.05 Å². The highest BCUT2D eigenvalue weighted by atomic mass is 16.5. The maximum atomic E-state index is 5.15. The van der Waals surface area contributed by atoms with Crippen LogP contribution in [-0.2, 0) is 6.42 Å². The SMILES string of the molecule is CNC(C)Cc1noc(C2CC2)n1. The van der Waals surface area contributed by atoms with Gasteiger partial charge in [-0.1, -0.05) is 5.16 Å². The Morgan fingerprint density at radius 1 is 1.62 bits per heavy atom. The van der Waals surface area contributed by atoms with E-state index in [-0.39, 0.29) is 0 Å². The third-order valence-electron chi connectivity index (χ3n) is 2.39. The van der Waals surface area contributed by atoms with Crippen molar-refractivity contribution in [2.24, 2.45) is 0 Å². The largest absolute Gasteiger partial charge is 0.339 e. The fourth-order valence-corrected chi connectivity index (χ4v) is 1.22. The first-order valence-electron chi connectivity index (χ1n) is 4.79. The first kappa shape index (κ1) is 8.69. The zero-order valence-corrected chi connectivity index (χ0v) is 8.08. The van der Waals surface area contributed by atoms with Crippen LogP contribution in [0.4, 0.5) is 0 Å². The average molecular weight is 181 g/mol. The molecule has 0 amide bonds. The van der Waals surface area contributed by atoms with Gasteiger partial charge in [0.1, 0.15) is 0 Å². The topological polar surface area (TPSA) is 51.0 Å². The van der Waals surface area contributed by atoms with Crippen LogP contribution in [0.25, 0.3) is 0 Å². The summed E-state index contributed by atoms with van der Waals surface area (Å²) in [5, 5.41) is 7.09. The van der Waals surface area contributed by atoms with Crippen LogP contribution >= 0.6 is 0 Å². The van der Waals surface area contributed by atoms with Gasteiger partial charge in [-0.3, -0.25) is 0 Å². The van der Waals surface area contributed by atoms with Crippen molar-refractivity contribution in [3.63, 3.8) is 0 Å². The maximum Gasteiger partial charge on any atom is 0.229 e. The normalized spacial score (nSPS) is 18.9. The van der Waals surface area contributed by atoms with Gasteiger partial charge in [-0.15, -0.1) is 0 Å². The Morgan fingerprint density at radius 3 is 3.00 bits per heavy atom. The molecule has 1 aromatic rings. The lowest BCUT2D eigenvalue weighted by Crippen LogP contribution is -2.24. The highest BCUT2D eigenvalue weighted by molar-refractivity contribution is 5.02. The average Bonchev–Trinajstić information content (AvgIpc) is 2.88. The monoisotopic (exact) mass is 181 g/mol. The Hall–Kier alpha value is -0.900. The Bertz CT molecular complexity index is 280. The molecule has 0 bridgehead atoms. The van der Waals surface area contributed by atoms with Gasteiger partial charge in [-0.25, -0.2) is 0 Å². The van der Waals surface area contributed by atoms with Crippen LogP contribution in [0.1, 0.15) is 37.4 Å². The molecule has 0 radical (unpaired) electrons. The van der Waals surface area contributed by atoms with Gasteiger partial charge in [0.25, 0.3) is 0 Å². The Morgan fingerprint density at radius 2 is 2.38 bits per heavy atom. The van der Waals surface area contributed by atoms with Crippen LogP contribution in [0, 0.1) is 0 Å². The molecule has 0 aromatic carbocycles. The molecular weight excluding hydrogens is 166 g/mol. The van der Waals surface area contributed by atoms with Crippen LogP contribution in [0.15, 0.2) is 4.52 Å². The summed E-state index contributed by atoms with van der Waals surface area (Å²) in [4.78, 5) is 4.34. The van der Waals surface area contributed by atoms with Crippen molar-refractivity contribution in [3.05, 3.63) is 11.7 Å². The highest BCUT2D eigenvalue weighted by Gasteiger charge is 2.29. The minimum absolute atomic E-state index is 0.407. The zero-order valence-electron chi connectivity index (χ0n) is 8.08. The van der Waals surface area contributed by atoms with E-state index < -0.39 is 0 Å². The van der Waals surface area contributed by atoms with Gasteiger partial charge in [0, 0.05) is 18.4 Å². The van der Waals surface area contributed by atoms with Crippen molar-refractivity contribution in [1.82, 2.24) is 15.5 Å². The fourth-order valence-electron chi connectivity index (χ4n) is 1.22. The number of likely N-dealkylation sites (N-methyl/N-ethyl adjacent to an activating group) is 1.